The molecule has 1 aromatic heterocycles. The van der Waals surface area contributed by atoms with Crippen molar-refractivity contribution in [3.63, 3.8) is 0 Å². The van der Waals surface area contributed by atoms with Crippen molar-refractivity contribution >= 4 is 23.7 Å². The molecule has 0 spiro atoms. The molecule has 0 fully saturated rings. The largest absolute Gasteiger partial charge is 0.494 e. The van der Waals surface area contributed by atoms with Crippen LogP contribution in [0.15, 0.2) is 54.6 Å². The Morgan fingerprint density at radius 3 is 2.33 bits per heavy atom. The van der Waals surface area contributed by atoms with Crippen molar-refractivity contribution in [3.05, 3.63) is 76.9 Å². The van der Waals surface area contributed by atoms with E-state index < -0.39 is 35.6 Å². The number of fused-ring (bicyclic) bond motifs is 1. The summed E-state index contributed by atoms with van der Waals surface area (Å²) in [5.41, 5.74) is 1.57. The molecule has 2 amide bonds. The Balaban J connectivity index is 1.55. The number of nitrogens with one attached hydrogen (secondary N) is 3. The lowest BCUT2D eigenvalue weighted by Gasteiger charge is -2.25. The van der Waals surface area contributed by atoms with Crippen LogP contribution in [0.3, 0.4) is 0 Å². The lowest BCUT2D eigenvalue weighted by atomic mass is 9.93. The van der Waals surface area contributed by atoms with Gasteiger partial charge in [0.25, 0.3) is 0 Å². The zero-order valence-electron chi connectivity index (χ0n) is 22.6. The molecule has 10 heteroatoms. The number of H-pyrrole nitrogens is 1. The zero-order valence-corrected chi connectivity index (χ0v) is 22.6. The molecule has 0 bridgehead atoms. The number of aromatic amines is 1. The van der Waals surface area contributed by atoms with Gasteiger partial charge in [0.15, 0.2) is 23.2 Å². The summed E-state index contributed by atoms with van der Waals surface area (Å²) in [4.78, 5) is 41.8. The van der Waals surface area contributed by atoms with Crippen LogP contribution in [-0.4, -0.2) is 52.1 Å². The standard InChI is InChI=1S/C30H33N3O7/c1-17(2)27(28(36)26-18(3)29(37)33-30(26)38)32-25(35)16-21(20-10-11-22-23(15-20)40-14-13-39-22)31-24(34)12-9-19-7-5-4-6-8-19/h4-12,15,17,21,27,33,37-38H,13-14,16H2,1-3H3,(H,31,34)(H,32,35)/t21?,27-/m0/s1. The van der Waals surface area contributed by atoms with Crippen LogP contribution in [0.25, 0.3) is 6.08 Å². The first kappa shape index (κ1) is 28.3. The summed E-state index contributed by atoms with van der Waals surface area (Å²) in [7, 11) is 0. The SMILES string of the molecule is Cc1c(O)[nH]c(O)c1C(=O)[C@@H](NC(=O)CC(NC(=O)C=Cc1ccccc1)c1ccc2c(c1)OCCO2)C(C)C. The van der Waals surface area contributed by atoms with Gasteiger partial charge in [0, 0.05) is 11.6 Å². The fourth-order valence-corrected chi connectivity index (χ4v) is 4.46. The van der Waals surface area contributed by atoms with Crippen molar-refractivity contribution in [2.75, 3.05) is 13.2 Å². The van der Waals surface area contributed by atoms with Gasteiger partial charge in [0.2, 0.25) is 17.7 Å². The van der Waals surface area contributed by atoms with Crippen LogP contribution in [0.4, 0.5) is 0 Å². The van der Waals surface area contributed by atoms with Gasteiger partial charge in [0.05, 0.1) is 24.1 Å². The molecule has 0 radical (unpaired) electrons. The number of Topliss-reactive ketones (excluding diaryl/α,β-unsaturated/α-hetero) is 1. The van der Waals surface area contributed by atoms with Gasteiger partial charge in [0.1, 0.15) is 13.2 Å². The number of amides is 2. The number of hydrogen-bond acceptors (Lipinski definition) is 7. The lowest BCUT2D eigenvalue weighted by molar-refractivity contribution is -0.123. The minimum atomic E-state index is -0.984. The van der Waals surface area contributed by atoms with Gasteiger partial charge in [-0.3, -0.25) is 19.4 Å². The predicted molar refractivity (Wildman–Crippen MR) is 148 cm³/mol. The summed E-state index contributed by atoms with van der Waals surface area (Å²) < 4.78 is 11.3. The molecule has 3 aromatic rings. The zero-order chi connectivity index (χ0) is 28.8. The van der Waals surface area contributed by atoms with Crippen LogP contribution in [-0.2, 0) is 9.59 Å². The first-order valence-electron chi connectivity index (χ1n) is 13.0. The molecule has 0 saturated heterocycles. The highest BCUT2D eigenvalue weighted by Crippen LogP contribution is 2.34. The number of hydrogen-bond donors (Lipinski definition) is 5. The maximum absolute atomic E-state index is 13.3. The third kappa shape index (κ3) is 6.63. The van der Waals surface area contributed by atoms with Gasteiger partial charge in [-0.15, -0.1) is 0 Å². The van der Waals surface area contributed by atoms with Gasteiger partial charge >= 0.3 is 0 Å². The first-order chi connectivity index (χ1) is 19.1. The summed E-state index contributed by atoms with van der Waals surface area (Å²) in [6.45, 7) is 5.82. The molecule has 5 N–H and O–H groups in total. The monoisotopic (exact) mass is 547 g/mol. The number of carbonyl (C=O) groups excluding carboxylic acids is 3. The van der Waals surface area contributed by atoms with Crippen LogP contribution in [0, 0.1) is 12.8 Å². The highest BCUT2D eigenvalue weighted by molar-refractivity contribution is 6.05. The normalized spacial score (nSPS) is 14.1. The van der Waals surface area contributed by atoms with Crippen molar-refractivity contribution < 1.29 is 34.1 Å². The number of ketones is 1. The lowest BCUT2D eigenvalue weighted by Crippen LogP contribution is -2.45. The molecule has 1 unspecified atom stereocenters. The van der Waals surface area contributed by atoms with E-state index in [1.807, 2.05) is 30.3 Å². The van der Waals surface area contributed by atoms with Crippen molar-refractivity contribution in [2.45, 2.75) is 39.3 Å². The van der Waals surface area contributed by atoms with E-state index in [1.54, 1.807) is 38.1 Å². The Labute approximate surface area is 232 Å². The maximum atomic E-state index is 13.3. The minimum absolute atomic E-state index is 0.0840. The molecule has 10 nitrogen and oxygen atoms in total. The van der Waals surface area contributed by atoms with Crippen LogP contribution in [0.2, 0.25) is 0 Å². The number of ether oxygens (including phenoxy) is 2. The number of aromatic hydroxyl groups is 2. The average Bonchev–Trinajstić information content (AvgIpc) is 3.20. The summed E-state index contributed by atoms with van der Waals surface area (Å²) in [5, 5.41) is 25.7. The Morgan fingerprint density at radius 2 is 1.68 bits per heavy atom. The molecule has 1 aliphatic heterocycles. The van der Waals surface area contributed by atoms with E-state index in [1.165, 1.54) is 13.0 Å². The second kappa shape index (κ2) is 12.4. The van der Waals surface area contributed by atoms with Crippen molar-refractivity contribution in [2.24, 2.45) is 5.92 Å². The second-order valence-electron chi connectivity index (χ2n) is 9.89. The molecular formula is C30H33N3O7. The maximum Gasteiger partial charge on any atom is 0.244 e. The van der Waals surface area contributed by atoms with Crippen LogP contribution in [0.1, 0.15) is 53.4 Å². The van der Waals surface area contributed by atoms with Crippen LogP contribution in [0.5, 0.6) is 23.3 Å². The molecule has 1 aliphatic rings. The van der Waals surface area contributed by atoms with Gasteiger partial charge in [-0.2, -0.15) is 0 Å². The molecule has 210 valence electrons. The molecule has 4 rings (SSSR count). The Morgan fingerprint density at radius 1 is 0.975 bits per heavy atom. The molecule has 0 saturated carbocycles. The van der Waals surface area contributed by atoms with Crippen LogP contribution < -0.4 is 20.1 Å². The topological polar surface area (TPSA) is 150 Å². The number of rotatable bonds is 10. The third-order valence-electron chi connectivity index (χ3n) is 6.62. The van der Waals surface area contributed by atoms with E-state index >= 15 is 0 Å². The van der Waals surface area contributed by atoms with E-state index in [-0.39, 0.29) is 29.3 Å². The number of benzene rings is 2. The van der Waals surface area contributed by atoms with Crippen molar-refractivity contribution in [3.8, 4) is 23.3 Å². The van der Waals surface area contributed by atoms with Gasteiger partial charge < -0.3 is 30.3 Å². The smallest absolute Gasteiger partial charge is 0.244 e. The molecule has 40 heavy (non-hydrogen) atoms. The van der Waals surface area contributed by atoms with E-state index in [0.717, 1.165) is 5.56 Å². The van der Waals surface area contributed by atoms with Gasteiger partial charge in [-0.25, -0.2) is 0 Å². The highest BCUT2D eigenvalue weighted by Gasteiger charge is 2.31. The molecule has 2 aromatic carbocycles. The van der Waals surface area contributed by atoms with Gasteiger partial charge in [-0.05, 0) is 42.2 Å². The molecule has 0 aliphatic carbocycles. The van der Waals surface area contributed by atoms with Gasteiger partial charge in [-0.1, -0.05) is 50.2 Å². The van der Waals surface area contributed by atoms with E-state index in [2.05, 4.69) is 15.6 Å². The number of aromatic nitrogens is 1. The summed E-state index contributed by atoms with van der Waals surface area (Å²) >= 11 is 0. The van der Waals surface area contributed by atoms with E-state index in [0.29, 0.717) is 30.3 Å². The van der Waals surface area contributed by atoms with Crippen molar-refractivity contribution in [1.29, 1.82) is 0 Å². The Kier molecular flexibility index (Phi) is 8.78. The fraction of sp³-hybridized carbons (Fsp3) is 0.300. The second-order valence-corrected chi connectivity index (χ2v) is 9.89. The summed E-state index contributed by atoms with van der Waals surface area (Å²) in [5.74, 6) is -1.47. The third-order valence-corrected chi connectivity index (χ3v) is 6.62. The predicted octanol–water partition coefficient (Wildman–Crippen LogP) is 3.79. The number of carbonyl (C=O) groups is 3. The fourth-order valence-electron chi connectivity index (χ4n) is 4.46. The van der Waals surface area contributed by atoms with Crippen LogP contribution >= 0.6 is 0 Å². The summed E-state index contributed by atoms with van der Waals surface area (Å²) in [6, 6.07) is 12.8. The van der Waals surface area contributed by atoms with E-state index in [4.69, 9.17) is 9.47 Å². The van der Waals surface area contributed by atoms with E-state index in [9.17, 15) is 24.6 Å². The highest BCUT2D eigenvalue weighted by atomic mass is 16.6. The van der Waals surface area contributed by atoms with Crippen molar-refractivity contribution in [1.82, 2.24) is 15.6 Å². The summed E-state index contributed by atoms with van der Waals surface area (Å²) in [6.07, 6.45) is 2.89. The Hall–Kier alpha value is -4.73. The quantitative estimate of drug-likeness (QED) is 0.191. The molecule has 2 atom stereocenters. The Bertz CT molecular complexity index is 1410. The molecular weight excluding hydrogens is 514 g/mol. The first-order valence-corrected chi connectivity index (χ1v) is 13.0. The average molecular weight is 548 g/mol. The minimum Gasteiger partial charge on any atom is -0.494 e. The molecule has 2 heterocycles.